The van der Waals surface area contributed by atoms with E-state index in [2.05, 4.69) is 9.88 Å². The first-order valence-corrected chi connectivity index (χ1v) is 7.91. The number of ether oxygens (including phenoxy) is 2. The average Bonchev–Trinajstić information content (AvgIpc) is 2.89. The maximum absolute atomic E-state index is 5.75. The summed E-state index contributed by atoms with van der Waals surface area (Å²) in [5.74, 6) is 0.504. The highest BCUT2D eigenvalue weighted by atomic mass is 35.5. The second-order valence-electron chi connectivity index (χ2n) is 4.30. The summed E-state index contributed by atoms with van der Waals surface area (Å²) in [7, 11) is 3.47. The van der Waals surface area contributed by atoms with Crippen molar-refractivity contribution in [2.75, 3.05) is 47.1 Å². The van der Waals surface area contributed by atoms with Gasteiger partial charge in [0, 0.05) is 39.1 Å². The van der Waals surface area contributed by atoms with Gasteiger partial charge in [0.15, 0.2) is 0 Å². The summed E-state index contributed by atoms with van der Waals surface area (Å²) in [6.45, 7) is 4.46. The number of aromatic nitrogens is 1. The summed E-state index contributed by atoms with van der Waals surface area (Å²) in [5, 5.41) is 3.21. The van der Waals surface area contributed by atoms with Gasteiger partial charge in [-0.3, -0.25) is 4.90 Å². The van der Waals surface area contributed by atoms with E-state index in [0.717, 1.165) is 51.4 Å². The summed E-state index contributed by atoms with van der Waals surface area (Å²) in [4.78, 5) is 6.83. The van der Waals surface area contributed by atoms with Gasteiger partial charge in [-0.2, -0.15) is 0 Å². The summed E-state index contributed by atoms with van der Waals surface area (Å²) >= 11 is 7.45. The number of alkyl halides is 1. The number of hydrogen-bond donors (Lipinski definition) is 0. The second kappa shape index (κ2) is 10.6. The maximum atomic E-state index is 5.75. The molecule has 1 rings (SSSR count). The maximum Gasteiger partial charge on any atom is 0.0929 e. The van der Waals surface area contributed by atoms with E-state index in [0.29, 0.717) is 5.88 Å². The minimum Gasteiger partial charge on any atom is -0.383 e. The van der Waals surface area contributed by atoms with E-state index in [4.69, 9.17) is 21.1 Å². The number of aryl methyl sites for hydroxylation is 1. The van der Waals surface area contributed by atoms with Crippen molar-refractivity contribution in [3.05, 3.63) is 16.1 Å². The highest BCUT2D eigenvalue weighted by Gasteiger charge is 2.06. The van der Waals surface area contributed by atoms with Crippen LogP contribution in [0.5, 0.6) is 0 Å². The predicted molar refractivity (Wildman–Crippen MR) is 80.2 cm³/mol. The number of rotatable bonds is 11. The Balaban J connectivity index is 2.25. The molecule has 0 radical (unpaired) electrons. The number of hydrogen-bond acceptors (Lipinski definition) is 5. The molecule has 0 aliphatic rings. The molecule has 6 heteroatoms. The lowest BCUT2D eigenvalue weighted by Crippen LogP contribution is -2.31. The van der Waals surface area contributed by atoms with Crippen LogP contribution in [0.25, 0.3) is 0 Å². The van der Waals surface area contributed by atoms with Crippen LogP contribution >= 0.6 is 22.9 Å². The molecule has 0 aliphatic heterocycles. The number of nitrogens with zero attached hydrogens (tertiary/aromatic N) is 2. The molecular formula is C13H23ClN2O2S. The molecule has 0 fully saturated rings. The van der Waals surface area contributed by atoms with Gasteiger partial charge in [-0.25, -0.2) is 4.98 Å². The third kappa shape index (κ3) is 7.22. The van der Waals surface area contributed by atoms with E-state index < -0.39 is 0 Å². The molecule has 0 spiro atoms. The zero-order valence-electron chi connectivity index (χ0n) is 11.7. The van der Waals surface area contributed by atoms with E-state index in [-0.39, 0.29) is 0 Å². The van der Waals surface area contributed by atoms with Crippen LogP contribution in [0.2, 0.25) is 0 Å². The van der Waals surface area contributed by atoms with E-state index in [1.165, 1.54) is 5.01 Å². The smallest absolute Gasteiger partial charge is 0.0929 e. The zero-order chi connectivity index (χ0) is 13.9. The Kier molecular flexibility index (Phi) is 9.38. The molecule has 0 aliphatic carbocycles. The van der Waals surface area contributed by atoms with Crippen molar-refractivity contribution in [1.29, 1.82) is 0 Å². The Morgan fingerprint density at radius 2 is 1.89 bits per heavy atom. The van der Waals surface area contributed by atoms with Crippen molar-refractivity contribution in [3.63, 3.8) is 0 Å². The van der Waals surface area contributed by atoms with Gasteiger partial charge < -0.3 is 9.47 Å². The molecular weight excluding hydrogens is 284 g/mol. The fourth-order valence-electron chi connectivity index (χ4n) is 1.76. The molecule has 110 valence electrons. The van der Waals surface area contributed by atoms with Crippen LogP contribution in [0.3, 0.4) is 0 Å². The van der Waals surface area contributed by atoms with Gasteiger partial charge in [-0.05, 0) is 13.0 Å². The first-order chi connectivity index (χ1) is 9.30. The summed E-state index contributed by atoms with van der Waals surface area (Å²) in [6, 6.07) is 0. The standard InChI is InChI=1S/C13H23ClN2O2S/c1-17-8-6-16(7-9-18-2)5-3-4-13-15-12(10-14)11-19-13/h11H,3-10H2,1-2H3. The van der Waals surface area contributed by atoms with Gasteiger partial charge in [0.05, 0.1) is 29.8 Å². The number of halogens is 1. The lowest BCUT2D eigenvalue weighted by Gasteiger charge is -2.21. The molecule has 1 aromatic rings. The Hall–Kier alpha value is -0.200. The largest absolute Gasteiger partial charge is 0.383 e. The second-order valence-corrected chi connectivity index (χ2v) is 5.51. The minimum absolute atomic E-state index is 0.504. The highest BCUT2D eigenvalue weighted by Crippen LogP contribution is 2.13. The molecule has 0 amide bonds. The number of thiazole rings is 1. The SMILES string of the molecule is COCCN(CCCc1nc(CCl)cs1)CCOC. The lowest BCUT2D eigenvalue weighted by molar-refractivity contribution is 0.113. The van der Waals surface area contributed by atoms with Gasteiger partial charge >= 0.3 is 0 Å². The molecule has 0 bridgehead atoms. The third-order valence-electron chi connectivity index (χ3n) is 2.82. The number of methoxy groups -OCH3 is 2. The summed E-state index contributed by atoms with van der Waals surface area (Å²) < 4.78 is 10.3. The fourth-order valence-corrected chi connectivity index (χ4v) is 2.82. The molecule has 0 saturated heterocycles. The van der Waals surface area contributed by atoms with Crippen LogP contribution < -0.4 is 0 Å². The molecule has 19 heavy (non-hydrogen) atoms. The van der Waals surface area contributed by atoms with Crippen molar-refractivity contribution in [1.82, 2.24) is 9.88 Å². The van der Waals surface area contributed by atoms with E-state index in [1.54, 1.807) is 25.6 Å². The van der Waals surface area contributed by atoms with Crippen molar-refractivity contribution in [2.45, 2.75) is 18.7 Å². The van der Waals surface area contributed by atoms with Gasteiger partial charge in [-0.15, -0.1) is 22.9 Å². The minimum atomic E-state index is 0.504. The molecule has 0 unspecified atom stereocenters. The monoisotopic (exact) mass is 306 g/mol. The van der Waals surface area contributed by atoms with Crippen LogP contribution in [-0.4, -0.2) is 57.0 Å². The highest BCUT2D eigenvalue weighted by molar-refractivity contribution is 7.09. The molecule has 0 aromatic carbocycles. The van der Waals surface area contributed by atoms with Crippen LogP contribution in [0.1, 0.15) is 17.1 Å². The van der Waals surface area contributed by atoms with Crippen molar-refractivity contribution < 1.29 is 9.47 Å². The molecule has 1 aromatic heterocycles. The molecule has 0 N–H and O–H groups in total. The lowest BCUT2D eigenvalue weighted by atomic mass is 10.3. The van der Waals surface area contributed by atoms with Gasteiger partial charge in [0.25, 0.3) is 0 Å². The Labute approximate surface area is 124 Å². The van der Waals surface area contributed by atoms with E-state index >= 15 is 0 Å². The van der Waals surface area contributed by atoms with Gasteiger partial charge in [-0.1, -0.05) is 0 Å². The van der Waals surface area contributed by atoms with Crippen LogP contribution in [-0.2, 0) is 21.8 Å². The first kappa shape index (κ1) is 16.9. The average molecular weight is 307 g/mol. The molecule has 1 heterocycles. The van der Waals surface area contributed by atoms with E-state index in [9.17, 15) is 0 Å². The first-order valence-electron chi connectivity index (χ1n) is 6.49. The van der Waals surface area contributed by atoms with Crippen molar-refractivity contribution in [3.8, 4) is 0 Å². The van der Waals surface area contributed by atoms with Crippen LogP contribution in [0, 0.1) is 0 Å². The normalized spacial score (nSPS) is 11.4. The molecule has 4 nitrogen and oxygen atoms in total. The third-order valence-corrected chi connectivity index (χ3v) is 4.06. The Morgan fingerprint density at radius 3 is 2.42 bits per heavy atom. The molecule has 0 atom stereocenters. The van der Waals surface area contributed by atoms with Crippen LogP contribution in [0.4, 0.5) is 0 Å². The molecule has 0 saturated carbocycles. The summed E-state index contributed by atoms with van der Waals surface area (Å²) in [6.07, 6.45) is 2.11. The predicted octanol–water partition coefficient (Wildman–Crippen LogP) is 2.41. The quantitative estimate of drug-likeness (QED) is 0.588. The Morgan fingerprint density at radius 1 is 1.21 bits per heavy atom. The Bertz CT molecular complexity index is 328. The van der Waals surface area contributed by atoms with E-state index in [1.807, 2.05) is 5.38 Å². The van der Waals surface area contributed by atoms with Crippen LogP contribution in [0.15, 0.2) is 5.38 Å². The summed E-state index contributed by atoms with van der Waals surface area (Å²) in [5.41, 5.74) is 0.984. The fraction of sp³-hybridized carbons (Fsp3) is 0.769. The topological polar surface area (TPSA) is 34.6 Å². The van der Waals surface area contributed by atoms with Crippen molar-refractivity contribution in [2.24, 2.45) is 0 Å². The zero-order valence-corrected chi connectivity index (χ0v) is 13.3. The van der Waals surface area contributed by atoms with Gasteiger partial charge in [0.2, 0.25) is 0 Å². The van der Waals surface area contributed by atoms with Crippen molar-refractivity contribution >= 4 is 22.9 Å². The van der Waals surface area contributed by atoms with Gasteiger partial charge in [0.1, 0.15) is 0 Å².